The van der Waals surface area contributed by atoms with Crippen molar-refractivity contribution in [2.45, 2.75) is 32.4 Å². The van der Waals surface area contributed by atoms with Crippen molar-refractivity contribution in [1.29, 1.82) is 0 Å². The van der Waals surface area contributed by atoms with E-state index in [1.165, 1.54) is 6.92 Å². The summed E-state index contributed by atoms with van der Waals surface area (Å²) in [5, 5.41) is 2.71. The highest BCUT2D eigenvalue weighted by molar-refractivity contribution is 9.10. The number of carbonyl (C=O) groups is 3. The summed E-state index contributed by atoms with van der Waals surface area (Å²) in [6.45, 7) is 1.87. The Morgan fingerprint density at radius 2 is 1.65 bits per heavy atom. The fourth-order valence-electron chi connectivity index (χ4n) is 2.23. The van der Waals surface area contributed by atoms with Crippen molar-refractivity contribution in [2.24, 2.45) is 0 Å². The van der Waals surface area contributed by atoms with Gasteiger partial charge in [-0.2, -0.15) is 0 Å². The average Bonchev–Trinajstić information content (AvgIpc) is 2.65. The minimum absolute atomic E-state index is 0.0405. The zero-order chi connectivity index (χ0) is 18.9. The lowest BCUT2D eigenvalue weighted by Crippen LogP contribution is -2.35. The second kappa shape index (κ2) is 9.87. The molecule has 0 bridgehead atoms. The maximum Gasteiger partial charge on any atom is 0.307 e. The lowest BCUT2D eigenvalue weighted by atomic mass is 10.1. The van der Waals surface area contributed by atoms with Gasteiger partial charge in [0.2, 0.25) is 0 Å². The average molecular weight is 418 g/mol. The minimum atomic E-state index is -0.908. The number of hydrogen-bond donors (Lipinski definition) is 1. The summed E-state index contributed by atoms with van der Waals surface area (Å²) in [5.41, 5.74) is 1.49. The fourth-order valence-corrected chi connectivity index (χ4v) is 2.50. The number of nitrogens with one attached hydrogen (secondary N) is 1. The Morgan fingerprint density at radius 3 is 2.31 bits per heavy atom. The molecule has 0 radical (unpaired) electrons. The molecule has 6 heteroatoms. The van der Waals surface area contributed by atoms with Crippen molar-refractivity contribution in [3.63, 3.8) is 0 Å². The van der Waals surface area contributed by atoms with Crippen LogP contribution in [0.2, 0.25) is 0 Å². The maximum absolute atomic E-state index is 12.0. The molecule has 26 heavy (non-hydrogen) atoms. The first-order valence-electron chi connectivity index (χ1n) is 8.25. The molecule has 136 valence electrons. The van der Waals surface area contributed by atoms with Gasteiger partial charge in [-0.1, -0.05) is 58.4 Å². The third-order valence-corrected chi connectivity index (χ3v) is 4.24. The van der Waals surface area contributed by atoms with Crippen LogP contribution in [0.4, 0.5) is 0 Å². The number of halogens is 1. The second-order valence-corrected chi connectivity index (χ2v) is 6.68. The Morgan fingerprint density at radius 1 is 1.00 bits per heavy atom. The lowest BCUT2D eigenvalue weighted by molar-refractivity contribution is -0.154. The van der Waals surface area contributed by atoms with Gasteiger partial charge in [0.05, 0.1) is 6.42 Å². The zero-order valence-electron chi connectivity index (χ0n) is 14.4. The first-order valence-corrected chi connectivity index (χ1v) is 9.05. The van der Waals surface area contributed by atoms with Gasteiger partial charge in [-0.05, 0) is 24.6 Å². The van der Waals surface area contributed by atoms with Crippen molar-refractivity contribution in [3.8, 4) is 0 Å². The molecular weight excluding hydrogens is 398 g/mol. The summed E-state index contributed by atoms with van der Waals surface area (Å²) in [4.78, 5) is 35.9. The molecule has 0 heterocycles. The third-order valence-electron chi connectivity index (χ3n) is 3.71. The van der Waals surface area contributed by atoms with Gasteiger partial charge in [0.25, 0.3) is 5.91 Å². The summed E-state index contributed by atoms with van der Waals surface area (Å²) in [5.74, 6) is -1.09. The van der Waals surface area contributed by atoms with E-state index in [2.05, 4.69) is 21.2 Å². The third kappa shape index (κ3) is 6.44. The van der Waals surface area contributed by atoms with Gasteiger partial charge in [-0.15, -0.1) is 0 Å². The predicted octanol–water partition coefficient (Wildman–Crippen LogP) is 3.66. The van der Waals surface area contributed by atoms with Crippen LogP contribution in [0.3, 0.4) is 0 Å². The summed E-state index contributed by atoms with van der Waals surface area (Å²) >= 11 is 3.30. The van der Waals surface area contributed by atoms with Gasteiger partial charge < -0.3 is 10.1 Å². The Balaban J connectivity index is 1.73. The van der Waals surface area contributed by atoms with E-state index in [1.807, 2.05) is 30.3 Å². The predicted molar refractivity (Wildman–Crippen MR) is 102 cm³/mol. The minimum Gasteiger partial charge on any atom is -0.453 e. The molecular formula is C20H20BrNO4. The number of ether oxygens (including phenoxy) is 1. The largest absolute Gasteiger partial charge is 0.453 e. The number of ketones is 1. The summed E-state index contributed by atoms with van der Waals surface area (Å²) in [7, 11) is 0. The number of benzene rings is 2. The van der Waals surface area contributed by atoms with Crippen molar-refractivity contribution in [1.82, 2.24) is 5.32 Å². The molecule has 1 unspecified atom stereocenters. The summed E-state index contributed by atoms with van der Waals surface area (Å²) in [6, 6.07) is 16.4. The highest BCUT2D eigenvalue weighted by Gasteiger charge is 2.18. The molecule has 5 nitrogen and oxygen atoms in total. The van der Waals surface area contributed by atoms with Crippen LogP contribution in [0.15, 0.2) is 59.1 Å². The highest BCUT2D eigenvalue weighted by Crippen LogP contribution is 2.13. The van der Waals surface area contributed by atoms with E-state index in [1.54, 1.807) is 24.3 Å². The monoisotopic (exact) mass is 417 g/mol. The molecule has 0 saturated carbocycles. The number of amides is 1. The number of esters is 1. The first-order chi connectivity index (χ1) is 12.5. The standard InChI is InChI=1S/C20H20BrNO4/c1-14(20(25)22-13-15-5-3-2-4-6-15)26-19(24)12-11-18(23)16-7-9-17(21)10-8-16/h2-10,14H,11-13H2,1H3,(H,22,25). The number of Topliss-reactive ketones (excluding diaryl/α,β-unsaturated/α-hetero) is 1. The van der Waals surface area contributed by atoms with Crippen molar-refractivity contribution >= 4 is 33.6 Å². The molecule has 0 aromatic heterocycles. The lowest BCUT2D eigenvalue weighted by Gasteiger charge is -2.13. The SMILES string of the molecule is CC(OC(=O)CCC(=O)c1ccc(Br)cc1)C(=O)NCc1ccccc1. The van der Waals surface area contributed by atoms with Gasteiger partial charge in [0.15, 0.2) is 11.9 Å². The Hall–Kier alpha value is -2.47. The summed E-state index contributed by atoms with van der Waals surface area (Å²) in [6.07, 6.45) is -0.932. The van der Waals surface area contributed by atoms with Crippen LogP contribution in [0.1, 0.15) is 35.7 Å². The van der Waals surface area contributed by atoms with Crippen LogP contribution in [-0.2, 0) is 20.9 Å². The normalized spacial score (nSPS) is 11.5. The number of carbonyl (C=O) groups excluding carboxylic acids is 3. The van der Waals surface area contributed by atoms with Crippen molar-refractivity contribution in [2.75, 3.05) is 0 Å². The summed E-state index contributed by atoms with van der Waals surface area (Å²) < 4.78 is 5.97. The first kappa shape index (κ1) is 19.8. The topological polar surface area (TPSA) is 72.5 Å². The molecule has 1 N–H and O–H groups in total. The van der Waals surface area contributed by atoms with E-state index >= 15 is 0 Å². The second-order valence-electron chi connectivity index (χ2n) is 5.77. The van der Waals surface area contributed by atoms with E-state index in [4.69, 9.17) is 4.74 Å². The van der Waals surface area contributed by atoms with Crippen LogP contribution in [0.5, 0.6) is 0 Å². The molecule has 1 atom stereocenters. The van der Waals surface area contributed by atoms with E-state index in [0.717, 1.165) is 10.0 Å². The van der Waals surface area contributed by atoms with Gasteiger partial charge in [0.1, 0.15) is 0 Å². The van der Waals surface area contributed by atoms with E-state index < -0.39 is 12.1 Å². The zero-order valence-corrected chi connectivity index (χ0v) is 16.0. The fraction of sp³-hybridized carbons (Fsp3) is 0.250. The maximum atomic E-state index is 12.0. The highest BCUT2D eigenvalue weighted by atomic mass is 79.9. The Labute approximate surface area is 160 Å². The van der Waals surface area contributed by atoms with E-state index in [-0.39, 0.29) is 24.5 Å². The molecule has 0 aliphatic rings. The molecule has 0 saturated heterocycles. The van der Waals surface area contributed by atoms with Gasteiger partial charge in [-0.25, -0.2) is 0 Å². The molecule has 2 aromatic carbocycles. The smallest absolute Gasteiger partial charge is 0.307 e. The molecule has 2 aromatic rings. The van der Waals surface area contributed by atoms with Crippen molar-refractivity contribution < 1.29 is 19.1 Å². The molecule has 2 rings (SSSR count). The van der Waals surface area contributed by atoms with Crippen LogP contribution < -0.4 is 5.32 Å². The molecule has 0 aliphatic carbocycles. The van der Waals surface area contributed by atoms with Gasteiger partial charge in [-0.3, -0.25) is 14.4 Å². The number of hydrogen-bond acceptors (Lipinski definition) is 4. The molecule has 0 fully saturated rings. The van der Waals surface area contributed by atoms with Crippen LogP contribution in [0.25, 0.3) is 0 Å². The molecule has 1 amide bonds. The Bertz CT molecular complexity index is 759. The van der Waals surface area contributed by atoms with E-state index in [9.17, 15) is 14.4 Å². The van der Waals surface area contributed by atoms with Gasteiger partial charge in [0, 0.05) is 23.0 Å². The van der Waals surface area contributed by atoms with Crippen LogP contribution in [0, 0.1) is 0 Å². The van der Waals surface area contributed by atoms with E-state index in [0.29, 0.717) is 12.1 Å². The number of rotatable bonds is 8. The van der Waals surface area contributed by atoms with Crippen molar-refractivity contribution in [3.05, 3.63) is 70.2 Å². The van der Waals surface area contributed by atoms with Crippen LogP contribution in [-0.4, -0.2) is 23.8 Å². The van der Waals surface area contributed by atoms with Crippen LogP contribution >= 0.6 is 15.9 Å². The quantitative estimate of drug-likeness (QED) is 0.525. The van der Waals surface area contributed by atoms with Gasteiger partial charge >= 0.3 is 5.97 Å². The molecule has 0 spiro atoms. The Kier molecular flexibility index (Phi) is 7.53. The molecule has 0 aliphatic heterocycles.